The highest BCUT2D eigenvalue weighted by Crippen LogP contribution is 2.46. The Morgan fingerprint density at radius 2 is 2.00 bits per heavy atom. The standard InChI is InChI=1S/C14H19N3O3/c1-8-4-11(16-14(15-8)20-3)17-6-9-5-10(7-17)12(9)13(18)19-2/h4,9-10,12H,5-7H2,1-3H3. The Morgan fingerprint density at radius 1 is 1.30 bits per heavy atom. The summed E-state index contributed by atoms with van der Waals surface area (Å²) in [5, 5.41) is 0. The first-order valence-electron chi connectivity index (χ1n) is 6.85. The fourth-order valence-electron chi connectivity index (χ4n) is 3.37. The van der Waals surface area contributed by atoms with E-state index in [0.717, 1.165) is 31.0 Å². The van der Waals surface area contributed by atoms with Crippen molar-refractivity contribution >= 4 is 11.8 Å². The molecule has 1 saturated carbocycles. The lowest BCUT2D eigenvalue weighted by molar-refractivity contribution is -0.157. The molecule has 1 aliphatic carbocycles. The van der Waals surface area contributed by atoms with Gasteiger partial charge in [-0.3, -0.25) is 4.79 Å². The van der Waals surface area contributed by atoms with E-state index in [-0.39, 0.29) is 11.9 Å². The summed E-state index contributed by atoms with van der Waals surface area (Å²) in [5.74, 6) is 1.64. The van der Waals surface area contributed by atoms with E-state index in [1.54, 1.807) is 7.11 Å². The van der Waals surface area contributed by atoms with E-state index >= 15 is 0 Å². The molecule has 2 bridgehead atoms. The molecule has 1 aromatic heterocycles. The van der Waals surface area contributed by atoms with E-state index in [4.69, 9.17) is 9.47 Å². The molecule has 0 spiro atoms. The summed E-state index contributed by atoms with van der Waals surface area (Å²) < 4.78 is 10.0. The van der Waals surface area contributed by atoms with Crippen LogP contribution in [0.5, 0.6) is 6.01 Å². The minimum atomic E-state index is -0.0673. The van der Waals surface area contributed by atoms with Crippen LogP contribution in [0.25, 0.3) is 0 Å². The Hall–Kier alpha value is -1.85. The van der Waals surface area contributed by atoms with Crippen molar-refractivity contribution in [3.63, 3.8) is 0 Å². The van der Waals surface area contributed by atoms with Gasteiger partial charge in [0, 0.05) is 24.8 Å². The second kappa shape index (κ2) is 4.92. The Kier molecular flexibility index (Phi) is 3.23. The van der Waals surface area contributed by atoms with E-state index < -0.39 is 0 Å². The molecule has 1 aromatic rings. The van der Waals surface area contributed by atoms with Crippen LogP contribution in [0.15, 0.2) is 6.07 Å². The summed E-state index contributed by atoms with van der Waals surface area (Å²) in [6, 6.07) is 2.35. The van der Waals surface area contributed by atoms with Crippen LogP contribution in [0.3, 0.4) is 0 Å². The average Bonchev–Trinajstić information content (AvgIpc) is 2.46. The van der Waals surface area contributed by atoms with E-state index in [9.17, 15) is 4.79 Å². The van der Waals surface area contributed by atoms with Crippen LogP contribution in [0, 0.1) is 24.7 Å². The van der Waals surface area contributed by atoms with Gasteiger partial charge >= 0.3 is 12.0 Å². The number of anilines is 1. The Bertz CT molecular complexity index is 522. The summed E-state index contributed by atoms with van der Waals surface area (Å²) in [7, 11) is 3.03. The maximum atomic E-state index is 11.7. The molecule has 2 aliphatic heterocycles. The van der Waals surface area contributed by atoms with Crippen molar-refractivity contribution in [1.29, 1.82) is 0 Å². The minimum absolute atomic E-state index is 0.0673. The van der Waals surface area contributed by atoms with Gasteiger partial charge in [-0.25, -0.2) is 4.98 Å². The summed E-state index contributed by atoms with van der Waals surface area (Å²) in [5.41, 5.74) is 0.885. The van der Waals surface area contributed by atoms with Crippen LogP contribution in [-0.4, -0.2) is 43.2 Å². The van der Waals surface area contributed by atoms with Gasteiger partial charge < -0.3 is 14.4 Å². The van der Waals surface area contributed by atoms with E-state index in [2.05, 4.69) is 14.9 Å². The van der Waals surface area contributed by atoms with Crippen molar-refractivity contribution < 1.29 is 14.3 Å². The third-order valence-electron chi connectivity index (χ3n) is 4.33. The van der Waals surface area contributed by atoms with E-state index in [0.29, 0.717) is 17.8 Å². The number of carbonyl (C=O) groups excluding carboxylic acids is 1. The molecule has 0 N–H and O–H groups in total. The number of methoxy groups -OCH3 is 2. The maximum absolute atomic E-state index is 11.7. The van der Waals surface area contributed by atoms with Gasteiger partial charge in [0.2, 0.25) is 0 Å². The zero-order valence-electron chi connectivity index (χ0n) is 12.0. The third-order valence-corrected chi connectivity index (χ3v) is 4.33. The first-order valence-corrected chi connectivity index (χ1v) is 6.85. The number of hydrogen-bond donors (Lipinski definition) is 0. The smallest absolute Gasteiger partial charge is 0.318 e. The van der Waals surface area contributed by atoms with Gasteiger partial charge in [0.15, 0.2) is 0 Å². The molecule has 6 nitrogen and oxygen atoms in total. The van der Waals surface area contributed by atoms with Crippen LogP contribution in [0.2, 0.25) is 0 Å². The van der Waals surface area contributed by atoms with Gasteiger partial charge in [0.25, 0.3) is 0 Å². The number of ether oxygens (including phenoxy) is 2. The quantitative estimate of drug-likeness (QED) is 0.769. The predicted molar refractivity (Wildman–Crippen MR) is 72.6 cm³/mol. The summed E-state index contributed by atoms with van der Waals surface area (Å²) in [4.78, 5) is 22.5. The molecule has 0 amide bonds. The van der Waals surface area contributed by atoms with Gasteiger partial charge in [-0.05, 0) is 25.2 Å². The first kappa shape index (κ1) is 13.1. The third kappa shape index (κ3) is 2.09. The monoisotopic (exact) mass is 277 g/mol. The zero-order chi connectivity index (χ0) is 14.3. The Labute approximate surface area is 118 Å². The summed E-state index contributed by atoms with van der Waals surface area (Å²) >= 11 is 0. The molecule has 2 atom stereocenters. The number of nitrogens with zero attached hydrogens (tertiary/aromatic N) is 3. The van der Waals surface area contributed by atoms with Crippen molar-refractivity contribution in [2.45, 2.75) is 13.3 Å². The van der Waals surface area contributed by atoms with Crippen LogP contribution in [0.1, 0.15) is 12.1 Å². The fraction of sp³-hybridized carbons (Fsp3) is 0.643. The molecule has 2 unspecified atom stereocenters. The molecular weight excluding hydrogens is 258 g/mol. The highest BCUT2D eigenvalue weighted by atomic mass is 16.5. The van der Waals surface area contributed by atoms with Crippen molar-refractivity contribution in [2.75, 3.05) is 32.2 Å². The highest BCUT2D eigenvalue weighted by Gasteiger charge is 2.51. The predicted octanol–water partition coefficient (Wildman–Crippen LogP) is 1.04. The molecule has 3 heterocycles. The SMILES string of the molecule is COC(=O)C1C2CC1CN(c1cc(C)nc(OC)n1)C2. The van der Waals surface area contributed by atoms with E-state index in [1.165, 1.54) is 7.11 Å². The lowest BCUT2D eigenvalue weighted by atomic mass is 9.61. The summed E-state index contributed by atoms with van der Waals surface area (Å²) in [6.45, 7) is 3.61. The number of carbonyl (C=O) groups is 1. The second-order valence-corrected chi connectivity index (χ2v) is 5.56. The largest absolute Gasteiger partial charge is 0.469 e. The van der Waals surface area contributed by atoms with Gasteiger partial charge in [-0.15, -0.1) is 0 Å². The van der Waals surface area contributed by atoms with Crippen LogP contribution in [-0.2, 0) is 9.53 Å². The van der Waals surface area contributed by atoms with Gasteiger partial charge in [-0.2, -0.15) is 4.98 Å². The van der Waals surface area contributed by atoms with Gasteiger partial charge in [0.1, 0.15) is 5.82 Å². The average molecular weight is 277 g/mol. The number of esters is 1. The van der Waals surface area contributed by atoms with Crippen molar-refractivity contribution in [1.82, 2.24) is 9.97 Å². The number of fused-ring (bicyclic) bond motifs is 2. The number of piperidine rings is 2. The fourth-order valence-corrected chi connectivity index (χ4v) is 3.37. The molecule has 0 radical (unpaired) electrons. The topological polar surface area (TPSA) is 64.5 Å². The summed E-state index contributed by atoms with van der Waals surface area (Å²) in [6.07, 6.45) is 1.11. The molecule has 0 aromatic carbocycles. The molecule has 3 aliphatic rings. The van der Waals surface area contributed by atoms with Gasteiger partial charge in [0.05, 0.1) is 20.1 Å². The maximum Gasteiger partial charge on any atom is 0.318 e. The number of rotatable bonds is 3. The molecule has 6 heteroatoms. The van der Waals surface area contributed by atoms with Crippen LogP contribution in [0.4, 0.5) is 5.82 Å². The number of hydrogen-bond acceptors (Lipinski definition) is 6. The van der Waals surface area contributed by atoms with Crippen molar-refractivity contribution in [3.05, 3.63) is 11.8 Å². The number of aromatic nitrogens is 2. The van der Waals surface area contributed by atoms with Gasteiger partial charge in [-0.1, -0.05) is 0 Å². The highest BCUT2D eigenvalue weighted by molar-refractivity contribution is 5.75. The van der Waals surface area contributed by atoms with Crippen molar-refractivity contribution in [2.24, 2.45) is 17.8 Å². The minimum Gasteiger partial charge on any atom is -0.469 e. The van der Waals surface area contributed by atoms with Crippen LogP contribution < -0.4 is 9.64 Å². The molecular formula is C14H19N3O3. The molecule has 3 fully saturated rings. The first-order chi connectivity index (χ1) is 9.62. The normalized spacial score (nSPS) is 27.8. The Balaban J connectivity index is 1.76. The molecule has 108 valence electrons. The second-order valence-electron chi connectivity index (χ2n) is 5.56. The van der Waals surface area contributed by atoms with Crippen molar-refractivity contribution in [3.8, 4) is 6.01 Å². The zero-order valence-corrected chi connectivity index (χ0v) is 12.0. The molecule has 2 saturated heterocycles. The molecule has 20 heavy (non-hydrogen) atoms. The molecule has 4 rings (SSSR count). The lowest BCUT2D eigenvalue weighted by Gasteiger charge is -2.52. The number of aryl methyl sites for hydroxylation is 1. The lowest BCUT2D eigenvalue weighted by Crippen LogP contribution is -2.58. The van der Waals surface area contributed by atoms with E-state index in [1.807, 2.05) is 13.0 Å². The van der Waals surface area contributed by atoms with Crippen LogP contribution >= 0.6 is 0 Å². The Morgan fingerprint density at radius 3 is 2.60 bits per heavy atom.